The highest BCUT2D eigenvalue weighted by molar-refractivity contribution is 7.98. The number of benzene rings is 1. The lowest BCUT2D eigenvalue weighted by molar-refractivity contribution is 0.474. The summed E-state index contributed by atoms with van der Waals surface area (Å²) < 4.78 is 0. The minimum atomic E-state index is 0.672. The van der Waals surface area contributed by atoms with Crippen molar-refractivity contribution in [3.63, 3.8) is 0 Å². The van der Waals surface area contributed by atoms with E-state index in [1.807, 2.05) is 0 Å². The first-order valence-electron chi connectivity index (χ1n) is 5.90. The summed E-state index contributed by atoms with van der Waals surface area (Å²) in [5.74, 6) is 0. The first kappa shape index (κ1) is 11.7. The number of rotatable bonds is 4. The molecule has 0 saturated carbocycles. The molecule has 1 aromatic carbocycles. The molecule has 0 aliphatic heterocycles. The maximum atomic E-state index is 3.62. The van der Waals surface area contributed by atoms with E-state index in [2.05, 4.69) is 48.0 Å². The van der Waals surface area contributed by atoms with Crippen molar-refractivity contribution < 1.29 is 0 Å². The van der Waals surface area contributed by atoms with E-state index in [1.54, 1.807) is 11.8 Å². The largest absolute Gasteiger partial charge is 0.310 e. The van der Waals surface area contributed by atoms with Gasteiger partial charge in [0.25, 0.3) is 0 Å². The molecule has 1 atom stereocenters. The molecule has 86 valence electrons. The molecule has 0 saturated heterocycles. The summed E-state index contributed by atoms with van der Waals surface area (Å²) in [6.45, 7) is 0.993. The smallest absolute Gasteiger partial charge is 0.0208 e. The fourth-order valence-electron chi connectivity index (χ4n) is 1.98. The molecule has 0 amide bonds. The van der Waals surface area contributed by atoms with Gasteiger partial charge in [-0.2, -0.15) is 0 Å². The van der Waals surface area contributed by atoms with Crippen molar-refractivity contribution in [2.75, 3.05) is 6.26 Å². The average Bonchev–Trinajstić information content (AvgIpc) is 2.38. The summed E-state index contributed by atoms with van der Waals surface area (Å²) in [6.07, 6.45) is 10.4. The van der Waals surface area contributed by atoms with Gasteiger partial charge in [0.15, 0.2) is 0 Å². The minimum absolute atomic E-state index is 0.672. The van der Waals surface area contributed by atoms with Crippen molar-refractivity contribution in [2.24, 2.45) is 0 Å². The second kappa shape index (κ2) is 6.12. The monoisotopic (exact) mass is 233 g/mol. The zero-order valence-corrected chi connectivity index (χ0v) is 10.6. The molecule has 0 spiro atoms. The highest BCUT2D eigenvalue weighted by Crippen LogP contribution is 2.15. The third kappa shape index (κ3) is 3.39. The third-order valence-electron chi connectivity index (χ3n) is 3.02. The van der Waals surface area contributed by atoms with Gasteiger partial charge in [0.05, 0.1) is 0 Å². The molecule has 0 bridgehead atoms. The molecule has 0 fully saturated rings. The quantitative estimate of drug-likeness (QED) is 0.630. The van der Waals surface area contributed by atoms with E-state index < -0.39 is 0 Å². The minimum Gasteiger partial charge on any atom is -0.310 e. The Morgan fingerprint density at radius 2 is 2.06 bits per heavy atom. The van der Waals surface area contributed by atoms with Gasteiger partial charge < -0.3 is 5.32 Å². The predicted molar refractivity (Wildman–Crippen MR) is 71.8 cm³/mol. The summed E-state index contributed by atoms with van der Waals surface area (Å²) in [4.78, 5) is 1.34. The molecule has 1 aliphatic rings. The number of allylic oxidation sites excluding steroid dienone is 1. The van der Waals surface area contributed by atoms with Crippen molar-refractivity contribution in [2.45, 2.75) is 36.7 Å². The standard InChI is InChI=1S/C14H19NS/c1-16-14-9-7-12(8-10-14)11-15-13-5-3-2-4-6-13/h2-3,7-10,13,15H,4-6,11H2,1H3. The Morgan fingerprint density at radius 3 is 2.69 bits per heavy atom. The molecular formula is C14H19NS. The van der Waals surface area contributed by atoms with Crippen LogP contribution in [0.3, 0.4) is 0 Å². The Bertz CT molecular complexity index is 342. The van der Waals surface area contributed by atoms with Gasteiger partial charge in [-0.3, -0.25) is 0 Å². The third-order valence-corrected chi connectivity index (χ3v) is 3.77. The zero-order valence-electron chi connectivity index (χ0n) is 9.78. The van der Waals surface area contributed by atoms with Crippen molar-refractivity contribution >= 4 is 11.8 Å². The van der Waals surface area contributed by atoms with Crippen LogP contribution in [0.25, 0.3) is 0 Å². The molecule has 0 radical (unpaired) electrons. The summed E-state index contributed by atoms with van der Waals surface area (Å²) in [5, 5.41) is 3.62. The van der Waals surface area contributed by atoms with E-state index in [0.29, 0.717) is 6.04 Å². The average molecular weight is 233 g/mol. The van der Waals surface area contributed by atoms with Crippen LogP contribution >= 0.6 is 11.8 Å². The number of hydrogen-bond acceptors (Lipinski definition) is 2. The molecule has 1 unspecified atom stereocenters. The van der Waals surface area contributed by atoms with Crippen molar-refractivity contribution in [3.05, 3.63) is 42.0 Å². The lowest BCUT2D eigenvalue weighted by Gasteiger charge is -2.19. The van der Waals surface area contributed by atoms with Crippen LogP contribution in [0.5, 0.6) is 0 Å². The molecule has 2 heteroatoms. The Balaban J connectivity index is 1.82. The molecule has 0 heterocycles. The molecule has 0 aromatic heterocycles. The normalized spacial score (nSPS) is 19.9. The highest BCUT2D eigenvalue weighted by atomic mass is 32.2. The number of thioether (sulfide) groups is 1. The molecule has 1 aromatic rings. The Morgan fingerprint density at radius 1 is 1.25 bits per heavy atom. The maximum absolute atomic E-state index is 3.62. The van der Waals surface area contributed by atoms with E-state index in [-0.39, 0.29) is 0 Å². The van der Waals surface area contributed by atoms with Gasteiger partial charge in [-0.25, -0.2) is 0 Å². The van der Waals surface area contributed by atoms with Crippen LogP contribution in [0.15, 0.2) is 41.3 Å². The van der Waals surface area contributed by atoms with Gasteiger partial charge >= 0.3 is 0 Å². The lowest BCUT2D eigenvalue weighted by Crippen LogP contribution is -2.29. The summed E-state index contributed by atoms with van der Waals surface area (Å²) in [6, 6.07) is 9.50. The van der Waals surface area contributed by atoms with Gasteiger partial charge in [-0.15, -0.1) is 11.8 Å². The van der Waals surface area contributed by atoms with Crippen LogP contribution in [0.2, 0.25) is 0 Å². The van der Waals surface area contributed by atoms with Crippen LogP contribution in [0.4, 0.5) is 0 Å². The zero-order chi connectivity index (χ0) is 11.2. The van der Waals surface area contributed by atoms with E-state index >= 15 is 0 Å². The highest BCUT2D eigenvalue weighted by Gasteiger charge is 2.08. The fourth-order valence-corrected chi connectivity index (χ4v) is 2.39. The molecule has 1 aliphatic carbocycles. The molecule has 16 heavy (non-hydrogen) atoms. The fraction of sp³-hybridized carbons (Fsp3) is 0.429. The van der Waals surface area contributed by atoms with Crippen LogP contribution < -0.4 is 5.32 Å². The van der Waals surface area contributed by atoms with Crippen LogP contribution in [0, 0.1) is 0 Å². The van der Waals surface area contributed by atoms with Crippen molar-refractivity contribution in [1.82, 2.24) is 5.32 Å². The van der Waals surface area contributed by atoms with Crippen LogP contribution in [0.1, 0.15) is 24.8 Å². The lowest BCUT2D eigenvalue weighted by atomic mass is 10.0. The second-order valence-corrected chi connectivity index (χ2v) is 5.09. The van der Waals surface area contributed by atoms with E-state index in [1.165, 1.54) is 29.7 Å². The summed E-state index contributed by atoms with van der Waals surface area (Å²) >= 11 is 1.79. The molecule has 1 nitrogen and oxygen atoms in total. The van der Waals surface area contributed by atoms with Crippen molar-refractivity contribution in [1.29, 1.82) is 0 Å². The number of nitrogens with one attached hydrogen (secondary N) is 1. The Kier molecular flexibility index (Phi) is 4.49. The van der Waals surface area contributed by atoms with E-state index in [4.69, 9.17) is 0 Å². The first-order chi connectivity index (χ1) is 7.88. The van der Waals surface area contributed by atoms with Gasteiger partial charge in [0.2, 0.25) is 0 Å². The molecule has 2 rings (SSSR count). The van der Waals surface area contributed by atoms with Crippen LogP contribution in [-0.2, 0) is 6.54 Å². The Hall–Kier alpha value is -0.730. The SMILES string of the molecule is CSc1ccc(CNC2CC=CCC2)cc1. The maximum Gasteiger partial charge on any atom is 0.0208 e. The van der Waals surface area contributed by atoms with Gasteiger partial charge in [-0.1, -0.05) is 24.3 Å². The van der Waals surface area contributed by atoms with Crippen LogP contribution in [-0.4, -0.2) is 12.3 Å². The molecule has 1 N–H and O–H groups in total. The van der Waals surface area contributed by atoms with Gasteiger partial charge in [-0.05, 0) is 43.2 Å². The van der Waals surface area contributed by atoms with Gasteiger partial charge in [0.1, 0.15) is 0 Å². The van der Waals surface area contributed by atoms with E-state index in [0.717, 1.165) is 6.54 Å². The second-order valence-electron chi connectivity index (χ2n) is 4.21. The summed E-state index contributed by atoms with van der Waals surface area (Å²) in [5.41, 5.74) is 1.38. The number of hydrogen-bond donors (Lipinski definition) is 1. The van der Waals surface area contributed by atoms with Gasteiger partial charge in [0, 0.05) is 17.5 Å². The predicted octanol–water partition coefficient (Wildman–Crippen LogP) is 3.61. The Labute approximate surface area is 102 Å². The van der Waals surface area contributed by atoms with Crippen molar-refractivity contribution in [3.8, 4) is 0 Å². The van der Waals surface area contributed by atoms with E-state index in [9.17, 15) is 0 Å². The topological polar surface area (TPSA) is 12.0 Å². The molecular weight excluding hydrogens is 214 g/mol. The first-order valence-corrected chi connectivity index (χ1v) is 7.12. The summed E-state index contributed by atoms with van der Waals surface area (Å²) in [7, 11) is 0.